The van der Waals surface area contributed by atoms with Crippen molar-refractivity contribution >= 4 is 13.6 Å². The Morgan fingerprint density at radius 1 is 1.12 bits per heavy atom. The molecule has 260 valence electrons. The lowest BCUT2D eigenvalue weighted by atomic mass is 9.44. The van der Waals surface area contributed by atoms with E-state index >= 15 is 8.78 Å². The molecule has 4 fully saturated rings. The lowest BCUT2D eigenvalue weighted by Gasteiger charge is -2.63. The molecule has 2 heterocycles. The van der Waals surface area contributed by atoms with Crippen LogP contribution in [-0.4, -0.2) is 66.6 Å². The van der Waals surface area contributed by atoms with Crippen LogP contribution in [0.4, 0.5) is 8.78 Å². The Morgan fingerprint density at radius 3 is 2.52 bits per heavy atom. The van der Waals surface area contributed by atoms with Crippen LogP contribution in [0.3, 0.4) is 0 Å². The van der Waals surface area contributed by atoms with Gasteiger partial charge in [-0.25, -0.2) is 13.3 Å². The first-order chi connectivity index (χ1) is 22.6. The fourth-order valence-electron chi connectivity index (χ4n) is 9.96. The van der Waals surface area contributed by atoms with Gasteiger partial charge in [0.05, 0.1) is 24.5 Å². The molecular formula is C35H42F2NO9P. The van der Waals surface area contributed by atoms with E-state index in [2.05, 4.69) is 4.52 Å². The molecule has 2 aromatic rings. The van der Waals surface area contributed by atoms with Gasteiger partial charge >= 0.3 is 7.82 Å². The molecule has 10 atom stereocenters. The predicted molar refractivity (Wildman–Crippen MR) is 169 cm³/mol. The molecule has 7 rings (SSSR count). The van der Waals surface area contributed by atoms with E-state index in [0.717, 1.165) is 16.7 Å². The number of ketones is 1. The van der Waals surface area contributed by atoms with E-state index in [4.69, 9.17) is 9.47 Å². The van der Waals surface area contributed by atoms with Crippen LogP contribution < -0.4 is 0 Å². The number of fused-ring (bicyclic) bond motifs is 7. The minimum Gasteiger partial charge on any atom is -0.392 e. The SMILES string of the molecule is Cn1cc(Cc2ccc(CO)cc2)cc1[C@@H]1O[C@@H]2C[C@H]3[C@@H]4C[C@H](F)C5=CCC=C[C@]5(C)[C@@]4(F)[C@@H](O)C[C@]3(C)[C@]2(C(=O)COP(=O)(O)O)O1. The summed E-state index contributed by atoms with van der Waals surface area (Å²) in [5.41, 5.74) is -3.18. The van der Waals surface area contributed by atoms with E-state index in [1.165, 1.54) is 0 Å². The van der Waals surface area contributed by atoms with Gasteiger partial charge in [0.2, 0.25) is 6.29 Å². The van der Waals surface area contributed by atoms with Crippen molar-refractivity contribution < 1.29 is 52.1 Å². The molecule has 4 N–H and O–H groups in total. The molecule has 1 aromatic carbocycles. The number of nitrogens with zero attached hydrogens (tertiary/aromatic N) is 1. The van der Waals surface area contributed by atoms with E-state index in [9.17, 15) is 29.4 Å². The minimum atomic E-state index is -5.06. The van der Waals surface area contributed by atoms with Crippen LogP contribution in [0.5, 0.6) is 0 Å². The van der Waals surface area contributed by atoms with Crippen molar-refractivity contribution in [1.82, 2.24) is 4.57 Å². The van der Waals surface area contributed by atoms with Gasteiger partial charge < -0.3 is 34.0 Å². The van der Waals surface area contributed by atoms with E-state index in [-0.39, 0.29) is 25.9 Å². The molecule has 4 aliphatic carbocycles. The summed E-state index contributed by atoms with van der Waals surface area (Å²) >= 11 is 0. The third-order valence-corrected chi connectivity index (χ3v) is 12.6. The average Bonchev–Trinajstić information content (AvgIpc) is 3.67. The summed E-state index contributed by atoms with van der Waals surface area (Å²) in [6.07, 6.45) is 2.64. The monoisotopic (exact) mass is 689 g/mol. The first kappa shape index (κ1) is 33.9. The van der Waals surface area contributed by atoms with Crippen molar-refractivity contribution in [3.05, 3.63) is 82.7 Å². The lowest BCUT2D eigenvalue weighted by molar-refractivity contribution is -0.235. The van der Waals surface area contributed by atoms with Crippen LogP contribution in [0.25, 0.3) is 0 Å². The van der Waals surface area contributed by atoms with Crippen molar-refractivity contribution in [2.75, 3.05) is 6.61 Å². The zero-order valence-electron chi connectivity index (χ0n) is 27.1. The van der Waals surface area contributed by atoms with Crippen molar-refractivity contribution in [2.24, 2.45) is 29.7 Å². The molecule has 0 spiro atoms. The molecule has 3 saturated carbocycles. The summed E-state index contributed by atoms with van der Waals surface area (Å²) in [6, 6.07) is 9.43. The fraction of sp³-hybridized carbons (Fsp3) is 0.571. The number of hydrogen-bond acceptors (Lipinski definition) is 7. The summed E-state index contributed by atoms with van der Waals surface area (Å²) in [5, 5.41) is 21.2. The van der Waals surface area contributed by atoms with Gasteiger partial charge in [0.1, 0.15) is 12.8 Å². The van der Waals surface area contributed by atoms with E-state index in [0.29, 0.717) is 24.1 Å². The standard InChI is InChI=1S/C35H42F2NO9P/c1-32-11-5-4-6-23(32)26(36)14-25-24-15-30-35(29(41)19-45-48(42,43)44,33(24,2)16-28(40)34(25,32)37)47-31(46-30)27-13-22(17-38(27)3)12-20-7-9-21(18-39)10-8-20/h5-11,13,17,24-26,28,30-31,39-40H,4,12,14-16,18-19H2,1-3H3,(H2,42,43,44)/t24-,25-,26-,28-,30+,31+,32-,33-,34-,35+/m0/s1. The van der Waals surface area contributed by atoms with Gasteiger partial charge in [0, 0.05) is 30.0 Å². The Hall–Kier alpha value is -2.54. The summed E-state index contributed by atoms with van der Waals surface area (Å²) in [4.78, 5) is 33.2. The molecule has 0 unspecified atom stereocenters. The first-order valence-corrected chi connectivity index (χ1v) is 17.9. The van der Waals surface area contributed by atoms with E-state index in [1.807, 2.05) is 41.1 Å². The maximum Gasteiger partial charge on any atom is 0.470 e. The smallest absolute Gasteiger partial charge is 0.392 e. The van der Waals surface area contributed by atoms with E-state index < -0.39 is 78.8 Å². The Bertz CT molecular complexity index is 1720. The van der Waals surface area contributed by atoms with Gasteiger partial charge in [0.15, 0.2) is 17.1 Å². The van der Waals surface area contributed by atoms with Gasteiger partial charge in [-0.15, -0.1) is 0 Å². The number of aryl methyl sites for hydroxylation is 1. The van der Waals surface area contributed by atoms with Crippen LogP contribution in [0.1, 0.15) is 68.2 Å². The van der Waals surface area contributed by atoms with Crippen molar-refractivity contribution in [1.29, 1.82) is 0 Å². The number of aliphatic hydroxyl groups excluding tert-OH is 2. The number of aliphatic hydroxyl groups is 2. The number of phosphoric ester groups is 1. The Morgan fingerprint density at radius 2 is 1.83 bits per heavy atom. The second-order valence-corrected chi connectivity index (χ2v) is 15.8. The highest BCUT2D eigenvalue weighted by atomic mass is 31.2. The lowest BCUT2D eigenvalue weighted by Crippen LogP contribution is -2.70. The Balaban J connectivity index is 1.25. The van der Waals surface area contributed by atoms with Crippen molar-refractivity contribution in [3.63, 3.8) is 0 Å². The average molecular weight is 690 g/mol. The first-order valence-electron chi connectivity index (χ1n) is 16.4. The van der Waals surface area contributed by atoms with Crippen molar-refractivity contribution in [2.45, 2.75) is 88.5 Å². The highest BCUT2D eigenvalue weighted by Gasteiger charge is 2.80. The highest BCUT2D eigenvalue weighted by molar-refractivity contribution is 7.46. The molecule has 1 saturated heterocycles. The van der Waals surface area contributed by atoms with Gasteiger partial charge in [-0.05, 0) is 73.3 Å². The van der Waals surface area contributed by atoms with Crippen LogP contribution in [-0.2, 0) is 43.4 Å². The third-order valence-electron chi connectivity index (χ3n) is 12.1. The number of Topliss-reactive ketones (excluding diaryl/α,β-unsaturated/α-hetero) is 1. The van der Waals surface area contributed by atoms with E-state index in [1.54, 1.807) is 39.1 Å². The molecule has 5 aliphatic rings. The second kappa shape index (κ2) is 11.5. The number of allylic oxidation sites excluding steroid dienone is 4. The number of halogens is 2. The zero-order valence-corrected chi connectivity index (χ0v) is 28.0. The number of aromatic nitrogens is 1. The Kier molecular flexibility index (Phi) is 8.13. The third kappa shape index (κ3) is 4.82. The molecule has 0 amide bonds. The molecular weight excluding hydrogens is 647 g/mol. The molecule has 1 aromatic heterocycles. The number of ether oxygens (including phenoxy) is 2. The normalized spacial score (nSPS) is 40.1. The van der Waals surface area contributed by atoms with Crippen LogP contribution >= 0.6 is 7.82 Å². The number of rotatable bonds is 8. The maximum atomic E-state index is 17.7. The second-order valence-electron chi connectivity index (χ2n) is 14.6. The number of hydrogen-bond donors (Lipinski definition) is 4. The number of carbonyl (C=O) groups is 1. The van der Waals surface area contributed by atoms with Crippen LogP contribution in [0.15, 0.2) is 60.3 Å². The number of carbonyl (C=O) groups excluding carboxylic acids is 1. The summed E-state index contributed by atoms with van der Waals surface area (Å²) in [6.45, 7) is 2.29. The number of alkyl halides is 2. The summed E-state index contributed by atoms with van der Waals surface area (Å²) in [7, 11) is -3.26. The topological polar surface area (TPSA) is 148 Å². The largest absolute Gasteiger partial charge is 0.470 e. The number of benzene rings is 1. The quantitative estimate of drug-likeness (QED) is 0.229. The van der Waals surface area contributed by atoms with Gasteiger partial charge in [-0.3, -0.25) is 9.32 Å². The Labute approximate surface area is 277 Å². The van der Waals surface area contributed by atoms with Gasteiger partial charge in [0.25, 0.3) is 0 Å². The predicted octanol–water partition coefficient (Wildman–Crippen LogP) is 4.69. The van der Waals surface area contributed by atoms with Gasteiger partial charge in [-0.2, -0.15) is 0 Å². The molecule has 10 nitrogen and oxygen atoms in total. The highest BCUT2D eigenvalue weighted by Crippen LogP contribution is 2.72. The minimum absolute atomic E-state index is 0.0559. The number of phosphoric acid groups is 1. The molecule has 13 heteroatoms. The molecule has 1 aliphatic heterocycles. The zero-order chi connectivity index (χ0) is 34.4. The summed E-state index contributed by atoms with van der Waals surface area (Å²) < 4.78 is 65.0. The molecule has 0 bridgehead atoms. The fourth-order valence-corrected chi connectivity index (χ4v) is 10.2. The van der Waals surface area contributed by atoms with Crippen LogP contribution in [0, 0.1) is 22.7 Å². The van der Waals surface area contributed by atoms with Crippen molar-refractivity contribution in [3.8, 4) is 0 Å². The summed E-state index contributed by atoms with van der Waals surface area (Å²) in [5.74, 6) is -2.47. The molecule has 48 heavy (non-hydrogen) atoms. The maximum absolute atomic E-state index is 17.7. The van der Waals surface area contributed by atoms with Gasteiger partial charge in [-0.1, -0.05) is 49.4 Å². The van der Waals surface area contributed by atoms with Crippen LogP contribution in [0.2, 0.25) is 0 Å². The molecule has 0 radical (unpaired) electrons.